The molecule has 0 saturated carbocycles. The Bertz CT molecular complexity index is 881. The van der Waals surface area contributed by atoms with Gasteiger partial charge in [0.15, 0.2) is 13.2 Å². The minimum absolute atomic E-state index is 0.0776. The molecular weight excluding hydrogens is 507 g/mol. The largest absolute Gasteiger partial charge is 0.479 e. The van der Waals surface area contributed by atoms with Gasteiger partial charge in [0.25, 0.3) is 0 Å². The third-order valence-electron chi connectivity index (χ3n) is 3.07. The van der Waals surface area contributed by atoms with E-state index in [2.05, 4.69) is 29.9 Å². The molecule has 2 rings (SSSR count). The summed E-state index contributed by atoms with van der Waals surface area (Å²) < 4.78 is 30.7. The van der Waals surface area contributed by atoms with Gasteiger partial charge in [-0.15, -0.1) is 9.97 Å². The van der Waals surface area contributed by atoms with Crippen molar-refractivity contribution in [3.05, 3.63) is 10.6 Å². The number of carbonyl (C=O) groups is 2. The fourth-order valence-electron chi connectivity index (χ4n) is 1.85. The molecule has 186 valence electrons. The van der Waals surface area contributed by atoms with Crippen molar-refractivity contribution in [3.8, 4) is 24.0 Å². The molecule has 0 aliphatic carbocycles. The van der Waals surface area contributed by atoms with Gasteiger partial charge in [-0.1, -0.05) is 0 Å². The molecule has 0 aliphatic heterocycles. The third-order valence-corrected chi connectivity index (χ3v) is 3.41. The van der Waals surface area contributed by atoms with Gasteiger partial charge >= 0.3 is 36.0 Å². The molecule has 34 heavy (non-hydrogen) atoms. The summed E-state index contributed by atoms with van der Waals surface area (Å²) in [6, 6.07) is -0.852. The van der Waals surface area contributed by atoms with Crippen LogP contribution in [0.5, 0.6) is 24.0 Å². The van der Waals surface area contributed by atoms with E-state index >= 15 is 0 Å². The normalized spacial score (nSPS) is 10.5. The van der Waals surface area contributed by atoms with Gasteiger partial charge in [0.2, 0.25) is 10.6 Å². The van der Waals surface area contributed by atoms with Crippen LogP contribution in [0.3, 0.4) is 0 Å². The molecule has 0 fully saturated rings. The molecule has 0 saturated heterocycles. The number of carboxylic acids is 2. The first-order valence-electron chi connectivity index (χ1n) is 9.25. The molecule has 2 aromatic heterocycles. The van der Waals surface area contributed by atoms with Crippen molar-refractivity contribution in [3.63, 3.8) is 0 Å². The van der Waals surface area contributed by atoms with Gasteiger partial charge in [0.1, 0.15) is 13.2 Å². The molecule has 2 aromatic rings. The maximum Gasteiger partial charge on any atom is 0.341 e. The fraction of sp³-hybridized carbons (Fsp3) is 0.500. The van der Waals surface area contributed by atoms with E-state index in [0.29, 0.717) is 0 Å². The molecule has 18 heteroatoms. The number of hydrogen-bond acceptors (Lipinski definition) is 14. The van der Waals surface area contributed by atoms with Crippen LogP contribution >= 0.6 is 23.2 Å². The molecule has 0 aliphatic rings. The highest BCUT2D eigenvalue weighted by atomic mass is 35.5. The maximum atomic E-state index is 10.5. The van der Waals surface area contributed by atoms with Gasteiger partial charge in [-0.2, -0.15) is 19.9 Å². The summed E-state index contributed by atoms with van der Waals surface area (Å²) in [6.07, 6.45) is 0. The molecule has 16 nitrogen and oxygen atoms in total. The lowest BCUT2D eigenvalue weighted by Gasteiger charge is -2.08. The van der Waals surface area contributed by atoms with E-state index in [1.54, 1.807) is 0 Å². The minimum atomic E-state index is -1.20. The number of halogens is 2. The molecule has 0 bridgehead atoms. The topological polar surface area (TPSA) is 207 Å². The third kappa shape index (κ3) is 11.5. The van der Waals surface area contributed by atoms with E-state index in [4.69, 9.17) is 61.8 Å². The van der Waals surface area contributed by atoms with Crippen molar-refractivity contribution in [2.45, 2.75) is 0 Å². The first-order valence-corrected chi connectivity index (χ1v) is 10.0. The van der Waals surface area contributed by atoms with Crippen LogP contribution in [0.2, 0.25) is 10.6 Å². The van der Waals surface area contributed by atoms with E-state index in [1.807, 2.05) is 0 Å². The number of ether oxygens (including phenoxy) is 6. The van der Waals surface area contributed by atoms with E-state index < -0.39 is 25.2 Å². The number of aliphatic carboxylic acids is 2. The van der Waals surface area contributed by atoms with Crippen molar-refractivity contribution in [2.24, 2.45) is 0 Å². The molecule has 0 amide bonds. The van der Waals surface area contributed by atoms with E-state index in [9.17, 15) is 9.59 Å². The number of nitrogens with zero attached hydrogens (tertiary/aromatic N) is 6. The predicted octanol–water partition coefficient (Wildman–Crippen LogP) is -0.219. The maximum absolute atomic E-state index is 10.5. The molecule has 0 radical (unpaired) electrons. The molecule has 0 spiro atoms. The van der Waals surface area contributed by atoms with Gasteiger partial charge in [0, 0.05) is 0 Å². The highest BCUT2D eigenvalue weighted by molar-refractivity contribution is 6.28. The Morgan fingerprint density at radius 2 is 0.882 bits per heavy atom. The van der Waals surface area contributed by atoms with Gasteiger partial charge in [-0.3, -0.25) is 0 Å². The van der Waals surface area contributed by atoms with Crippen LogP contribution in [0.25, 0.3) is 0 Å². The second-order valence-corrected chi connectivity index (χ2v) is 6.30. The second-order valence-electron chi connectivity index (χ2n) is 5.63. The molecule has 2 heterocycles. The van der Waals surface area contributed by atoms with Crippen LogP contribution in [0.15, 0.2) is 0 Å². The summed E-state index contributed by atoms with van der Waals surface area (Å²) in [5.41, 5.74) is 0. The second kappa shape index (κ2) is 14.7. The highest BCUT2D eigenvalue weighted by Crippen LogP contribution is 2.14. The zero-order chi connectivity index (χ0) is 24.8. The predicted molar refractivity (Wildman–Crippen MR) is 109 cm³/mol. The Labute approximate surface area is 201 Å². The molecule has 2 N–H and O–H groups in total. The zero-order valence-electron chi connectivity index (χ0n) is 17.3. The molecular formula is C16H18Cl2N6O10. The van der Waals surface area contributed by atoms with Crippen molar-refractivity contribution in [2.75, 3.05) is 52.9 Å². The average Bonchev–Trinajstić information content (AvgIpc) is 2.77. The average molecular weight is 525 g/mol. The van der Waals surface area contributed by atoms with Crippen LogP contribution in [0.1, 0.15) is 0 Å². The summed E-state index contributed by atoms with van der Waals surface area (Å²) in [7, 11) is 0. The van der Waals surface area contributed by atoms with E-state index in [0.717, 1.165) is 0 Å². The van der Waals surface area contributed by atoms with Crippen molar-refractivity contribution >= 4 is 35.1 Å². The Hall–Kier alpha value is -3.34. The van der Waals surface area contributed by atoms with Gasteiger partial charge in [-0.05, 0) is 23.2 Å². The molecule has 0 unspecified atom stereocenters. The summed E-state index contributed by atoms with van der Waals surface area (Å²) in [5, 5.41) is 16.7. The Kier molecular flexibility index (Phi) is 11.7. The molecule has 0 atom stereocenters. The lowest BCUT2D eigenvalue weighted by Crippen LogP contribution is -2.15. The smallest absolute Gasteiger partial charge is 0.341 e. The minimum Gasteiger partial charge on any atom is -0.479 e. The summed E-state index contributed by atoms with van der Waals surface area (Å²) in [6.45, 7) is -0.270. The Balaban J connectivity index is 1.55. The number of carboxylic acid groups (broad SMARTS) is 2. The lowest BCUT2D eigenvalue weighted by molar-refractivity contribution is -0.140. The SMILES string of the molecule is O=C(O)COc1nc(Cl)nc(OCCOCCOCCOc2nc(Cl)nc(OCC(=O)O)n2)n1. The van der Waals surface area contributed by atoms with Crippen LogP contribution in [-0.4, -0.2) is 105 Å². The summed E-state index contributed by atoms with van der Waals surface area (Å²) >= 11 is 11.4. The van der Waals surface area contributed by atoms with Gasteiger partial charge in [-0.25, -0.2) is 9.59 Å². The van der Waals surface area contributed by atoms with Crippen molar-refractivity contribution in [1.29, 1.82) is 0 Å². The van der Waals surface area contributed by atoms with Crippen LogP contribution < -0.4 is 18.9 Å². The number of rotatable bonds is 17. The van der Waals surface area contributed by atoms with Crippen molar-refractivity contribution in [1.82, 2.24) is 29.9 Å². The Morgan fingerprint density at radius 1 is 0.559 bits per heavy atom. The zero-order valence-corrected chi connectivity index (χ0v) is 18.8. The lowest BCUT2D eigenvalue weighted by atomic mass is 10.7. The van der Waals surface area contributed by atoms with E-state index in [-0.39, 0.29) is 74.3 Å². The van der Waals surface area contributed by atoms with Crippen LogP contribution in [-0.2, 0) is 19.1 Å². The highest BCUT2D eigenvalue weighted by Gasteiger charge is 2.10. The van der Waals surface area contributed by atoms with E-state index in [1.165, 1.54) is 0 Å². The number of aromatic nitrogens is 6. The Morgan fingerprint density at radius 3 is 1.24 bits per heavy atom. The van der Waals surface area contributed by atoms with Gasteiger partial charge in [0.05, 0.1) is 26.4 Å². The molecule has 0 aromatic carbocycles. The monoisotopic (exact) mass is 524 g/mol. The van der Waals surface area contributed by atoms with Crippen LogP contribution in [0, 0.1) is 0 Å². The fourth-order valence-corrected chi connectivity index (χ4v) is 2.14. The van der Waals surface area contributed by atoms with Crippen molar-refractivity contribution < 1.29 is 48.2 Å². The first kappa shape index (κ1) is 26.9. The number of hydrogen-bond donors (Lipinski definition) is 2. The summed E-state index contributed by atoms with van der Waals surface area (Å²) in [4.78, 5) is 43.2. The first-order chi connectivity index (χ1) is 16.3. The van der Waals surface area contributed by atoms with Crippen LogP contribution in [0.4, 0.5) is 0 Å². The summed E-state index contributed by atoms with van der Waals surface area (Å²) in [5.74, 6) is -2.40. The van der Waals surface area contributed by atoms with Gasteiger partial charge < -0.3 is 38.6 Å². The quantitative estimate of drug-likeness (QED) is 0.256. The standard InChI is InChI=1S/C16H18Cl2N6O10/c17-11-19-13(23-15(21-11)33-7-9(25)26)31-5-3-29-1-2-30-4-6-32-14-20-12(18)22-16(24-14)34-8-10(27)28/h1-8H2,(H,25,26)(H,27,28).